The second-order valence-electron chi connectivity index (χ2n) is 6.63. The first-order valence-corrected chi connectivity index (χ1v) is 8.95. The quantitative estimate of drug-likeness (QED) is 0.840. The number of hydrogen-bond donors (Lipinski definition) is 1. The van der Waals surface area contributed by atoms with E-state index in [1.165, 1.54) is 17.5 Å². The fraction of sp³-hybridized carbons (Fsp3) is 0.381. The van der Waals surface area contributed by atoms with E-state index in [-0.39, 0.29) is 12.1 Å². The van der Waals surface area contributed by atoms with Crippen molar-refractivity contribution in [3.63, 3.8) is 0 Å². The van der Waals surface area contributed by atoms with Crippen LogP contribution in [0.1, 0.15) is 42.9 Å². The third-order valence-electron chi connectivity index (χ3n) is 4.80. The number of carbonyl (C=O) groups excluding carboxylic acids is 1. The van der Waals surface area contributed by atoms with E-state index in [1.807, 2.05) is 29.2 Å². The zero-order valence-electron chi connectivity index (χ0n) is 15.0. The van der Waals surface area contributed by atoms with Crippen molar-refractivity contribution in [2.45, 2.75) is 38.6 Å². The molecule has 0 aliphatic carbocycles. The molecule has 0 aromatic heterocycles. The van der Waals surface area contributed by atoms with Crippen molar-refractivity contribution in [2.75, 3.05) is 19.0 Å². The third-order valence-corrected chi connectivity index (χ3v) is 4.80. The Kier molecular flexibility index (Phi) is 5.59. The van der Waals surface area contributed by atoms with Crippen LogP contribution in [0.5, 0.6) is 5.75 Å². The lowest BCUT2D eigenvalue weighted by atomic mass is 10.00. The molecule has 2 aromatic rings. The molecule has 0 saturated carbocycles. The van der Waals surface area contributed by atoms with E-state index < -0.39 is 0 Å². The molecule has 1 heterocycles. The number of carbonyl (C=O) groups is 1. The van der Waals surface area contributed by atoms with E-state index >= 15 is 0 Å². The fourth-order valence-electron chi connectivity index (χ4n) is 3.38. The van der Waals surface area contributed by atoms with E-state index in [1.54, 1.807) is 7.11 Å². The molecule has 4 heteroatoms. The molecule has 132 valence electrons. The second kappa shape index (κ2) is 8.06. The number of hydrogen-bond acceptors (Lipinski definition) is 2. The van der Waals surface area contributed by atoms with Gasteiger partial charge in [0.15, 0.2) is 0 Å². The highest BCUT2D eigenvalue weighted by molar-refractivity contribution is 5.89. The first-order valence-electron chi connectivity index (χ1n) is 8.95. The maximum Gasteiger partial charge on any atom is 0.322 e. The molecule has 2 amide bonds. The summed E-state index contributed by atoms with van der Waals surface area (Å²) in [7, 11) is 1.63. The molecule has 0 spiro atoms. The highest BCUT2D eigenvalue weighted by Gasteiger charge is 2.26. The number of nitrogens with zero attached hydrogens (tertiary/aromatic N) is 1. The van der Waals surface area contributed by atoms with Crippen LogP contribution in [0.15, 0.2) is 48.5 Å². The second-order valence-corrected chi connectivity index (χ2v) is 6.63. The van der Waals surface area contributed by atoms with Crippen LogP contribution in [0.2, 0.25) is 0 Å². The number of amides is 2. The average molecular weight is 338 g/mol. The Labute approximate surface area is 149 Å². The number of methoxy groups -OCH3 is 1. The summed E-state index contributed by atoms with van der Waals surface area (Å²) in [5.74, 6) is 0.740. The molecule has 1 N–H and O–H groups in total. The van der Waals surface area contributed by atoms with Crippen molar-refractivity contribution >= 4 is 11.7 Å². The predicted molar refractivity (Wildman–Crippen MR) is 101 cm³/mol. The van der Waals surface area contributed by atoms with Gasteiger partial charge >= 0.3 is 6.03 Å². The lowest BCUT2D eigenvalue weighted by Gasteiger charge is -2.30. The molecule has 1 aliphatic heterocycles. The molecule has 2 aromatic carbocycles. The molecular weight excluding hydrogens is 312 g/mol. The van der Waals surface area contributed by atoms with Gasteiger partial charge in [-0.3, -0.25) is 0 Å². The Balaban J connectivity index is 1.80. The Bertz CT molecular complexity index is 712. The van der Waals surface area contributed by atoms with Gasteiger partial charge in [-0.25, -0.2) is 4.79 Å². The lowest BCUT2D eigenvalue weighted by molar-refractivity contribution is 0.189. The molecule has 25 heavy (non-hydrogen) atoms. The van der Waals surface area contributed by atoms with Crippen LogP contribution in [-0.4, -0.2) is 24.6 Å². The van der Waals surface area contributed by atoms with Crippen LogP contribution in [0.4, 0.5) is 10.5 Å². The summed E-state index contributed by atoms with van der Waals surface area (Å²) in [5.41, 5.74) is 3.22. The molecule has 3 rings (SSSR count). The Hall–Kier alpha value is -2.49. The summed E-state index contributed by atoms with van der Waals surface area (Å²) < 4.78 is 5.24. The maximum atomic E-state index is 12.9. The van der Waals surface area contributed by atoms with Crippen LogP contribution >= 0.6 is 0 Å². The van der Waals surface area contributed by atoms with Crippen molar-refractivity contribution in [3.05, 3.63) is 59.7 Å². The van der Waals surface area contributed by atoms with Gasteiger partial charge in [-0.15, -0.1) is 0 Å². The van der Waals surface area contributed by atoms with Gasteiger partial charge in [-0.05, 0) is 37.5 Å². The van der Waals surface area contributed by atoms with Crippen LogP contribution in [-0.2, 0) is 0 Å². The third kappa shape index (κ3) is 4.32. The normalized spacial score (nSPS) is 17.7. The summed E-state index contributed by atoms with van der Waals surface area (Å²) in [6.07, 6.45) is 4.38. The SMILES string of the molecule is COc1cccc(NC(=O)N2CCCCC[C@@H]2c2ccc(C)cc2)c1. The number of rotatable bonds is 3. The summed E-state index contributed by atoms with van der Waals surface area (Å²) in [6.45, 7) is 2.87. The van der Waals surface area contributed by atoms with Crippen molar-refractivity contribution in [1.82, 2.24) is 4.90 Å². The van der Waals surface area contributed by atoms with Crippen molar-refractivity contribution in [3.8, 4) is 5.75 Å². The Morgan fingerprint density at radius 1 is 1.12 bits per heavy atom. The zero-order chi connectivity index (χ0) is 17.6. The van der Waals surface area contributed by atoms with E-state index in [0.717, 1.165) is 37.2 Å². The number of nitrogens with one attached hydrogen (secondary N) is 1. The van der Waals surface area contributed by atoms with E-state index in [0.29, 0.717) is 0 Å². The molecule has 1 aliphatic rings. The Morgan fingerprint density at radius 3 is 2.68 bits per heavy atom. The molecule has 4 nitrogen and oxygen atoms in total. The number of urea groups is 1. The molecule has 1 fully saturated rings. The number of benzene rings is 2. The van der Waals surface area contributed by atoms with Crippen molar-refractivity contribution < 1.29 is 9.53 Å². The minimum absolute atomic E-state index is 0.0410. The Morgan fingerprint density at radius 2 is 1.92 bits per heavy atom. The fourth-order valence-corrected chi connectivity index (χ4v) is 3.38. The summed E-state index contributed by atoms with van der Waals surface area (Å²) >= 11 is 0. The van der Waals surface area contributed by atoms with Crippen molar-refractivity contribution in [1.29, 1.82) is 0 Å². The average Bonchev–Trinajstić information content (AvgIpc) is 2.88. The topological polar surface area (TPSA) is 41.6 Å². The molecule has 1 saturated heterocycles. The molecular formula is C21H26N2O2. The van der Waals surface area contributed by atoms with Gasteiger partial charge in [-0.2, -0.15) is 0 Å². The highest BCUT2D eigenvalue weighted by Crippen LogP contribution is 2.31. The molecule has 1 atom stereocenters. The van der Waals surface area contributed by atoms with E-state index in [4.69, 9.17) is 4.74 Å². The highest BCUT2D eigenvalue weighted by atomic mass is 16.5. The summed E-state index contributed by atoms with van der Waals surface area (Å²) in [6, 6.07) is 16.1. The van der Waals surface area contributed by atoms with Crippen LogP contribution in [0.3, 0.4) is 0 Å². The molecule has 0 unspecified atom stereocenters. The zero-order valence-corrected chi connectivity index (χ0v) is 15.0. The van der Waals surface area contributed by atoms with Crippen LogP contribution < -0.4 is 10.1 Å². The van der Waals surface area contributed by atoms with Gasteiger partial charge in [0, 0.05) is 18.3 Å². The van der Waals surface area contributed by atoms with E-state index in [2.05, 4.69) is 36.5 Å². The monoisotopic (exact) mass is 338 g/mol. The summed E-state index contributed by atoms with van der Waals surface area (Å²) in [4.78, 5) is 14.9. The maximum absolute atomic E-state index is 12.9. The largest absolute Gasteiger partial charge is 0.497 e. The molecule has 0 bridgehead atoms. The van der Waals surface area contributed by atoms with Gasteiger partial charge < -0.3 is 15.0 Å². The number of anilines is 1. The van der Waals surface area contributed by atoms with Gasteiger partial charge in [0.05, 0.1) is 13.2 Å². The van der Waals surface area contributed by atoms with Crippen molar-refractivity contribution in [2.24, 2.45) is 0 Å². The van der Waals surface area contributed by atoms with Gasteiger partial charge in [-0.1, -0.05) is 48.7 Å². The predicted octanol–water partition coefficient (Wildman–Crippen LogP) is 5.15. The summed E-state index contributed by atoms with van der Waals surface area (Å²) in [5, 5.41) is 3.03. The van der Waals surface area contributed by atoms with Gasteiger partial charge in [0.25, 0.3) is 0 Å². The first-order chi connectivity index (χ1) is 12.2. The first kappa shape index (κ1) is 17.3. The number of likely N-dealkylation sites (tertiary alicyclic amines) is 1. The minimum atomic E-state index is -0.0410. The minimum Gasteiger partial charge on any atom is -0.497 e. The van der Waals surface area contributed by atoms with Crippen LogP contribution in [0.25, 0.3) is 0 Å². The number of ether oxygens (including phenoxy) is 1. The standard InChI is InChI=1S/C21H26N2O2/c1-16-10-12-17(13-11-16)20-9-4-3-5-14-23(20)21(24)22-18-7-6-8-19(15-18)25-2/h6-8,10-13,15,20H,3-5,9,14H2,1-2H3,(H,22,24)/t20-/m1/s1. The van der Waals surface area contributed by atoms with Gasteiger partial charge in [0.1, 0.15) is 5.75 Å². The molecule has 0 radical (unpaired) electrons. The smallest absolute Gasteiger partial charge is 0.322 e. The van der Waals surface area contributed by atoms with Gasteiger partial charge in [0.2, 0.25) is 0 Å². The lowest BCUT2D eigenvalue weighted by Crippen LogP contribution is -2.38. The number of aryl methyl sites for hydroxylation is 1. The van der Waals surface area contributed by atoms with E-state index in [9.17, 15) is 4.79 Å². The van der Waals surface area contributed by atoms with Crippen LogP contribution in [0, 0.1) is 6.92 Å².